The zero-order valence-electron chi connectivity index (χ0n) is 10.5. The van der Waals surface area contributed by atoms with E-state index in [1.54, 1.807) is 11.3 Å². The van der Waals surface area contributed by atoms with Crippen LogP contribution in [0.4, 0.5) is 0 Å². The second kappa shape index (κ2) is 4.24. The molecule has 4 nitrogen and oxygen atoms in total. The monoisotopic (exact) mass is 261 g/mol. The van der Waals surface area contributed by atoms with Crippen molar-refractivity contribution in [2.24, 2.45) is 7.05 Å². The van der Waals surface area contributed by atoms with Crippen LogP contribution in [0.25, 0.3) is 11.3 Å². The van der Waals surface area contributed by atoms with Gasteiger partial charge in [0.15, 0.2) is 5.69 Å². The molecule has 0 atom stereocenters. The van der Waals surface area contributed by atoms with E-state index in [4.69, 9.17) is 0 Å². The molecule has 0 fully saturated rings. The van der Waals surface area contributed by atoms with Crippen LogP contribution < -0.4 is 5.32 Å². The lowest BCUT2D eigenvalue weighted by molar-refractivity contribution is 0.0949. The highest BCUT2D eigenvalue weighted by Gasteiger charge is 2.27. The summed E-state index contributed by atoms with van der Waals surface area (Å²) in [5.41, 5.74) is 4.03. The average molecular weight is 261 g/mol. The molecule has 3 rings (SSSR count). The minimum absolute atomic E-state index is 0.0620. The fourth-order valence-corrected chi connectivity index (χ4v) is 3.43. The summed E-state index contributed by atoms with van der Waals surface area (Å²) in [5.74, 6) is -0.0620. The maximum atomic E-state index is 12.0. The minimum atomic E-state index is -0.0620. The van der Waals surface area contributed by atoms with Crippen molar-refractivity contribution in [3.8, 4) is 11.3 Å². The molecular weight excluding hydrogens is 246 g/mol. The maximum Gasteiger partial charge on any atom is 0.272 e. The molecule has 0 radical (unpaired) electrons. The summed E-state index contributed by atoms with van der Waals surface area (Å²) in [6, 6.07) is 2.13. The molecule has 2 aromatic rings. The van der Waals surface area contributed by atoms with Gasteiger partial charge in [-0.15, -0.1) is 11.3 Å². The predicted molar refractivity (Wildman–Crippen MR) is 71.9 cm³/mol. The second-order valence-electron chi connectivity index (χ2n) is 4.42. The van der Waals surface area contributed by atoms with Crippen LogP contribution in [0, 0.1) is 0 Å². The van der Waals surface area contributed by atoms with Gasteiger partial charge in [0, 0.05) is 29.6 Å². The van der Waals surface area contributed by atoms with Gasteiger partial charge >= 0.3 is 0 Å². The molecule has 1 N–H and O–H groups in total. The van der Waals surface area contributed by atoms with E-state index < -0.39 is 0 Å². The zero-order valence-corrected chi connectivity index (χ0v) is 11.3. The summed E-state index contributed by atoms with van der Waals surface area (Å²) in [4.78, 5) is 13.4. The van der Waals surface area contributed by atoms with Crippen LogP contribution in [-0.4, -0.2) is 22.2 Å². The minimum Gasteiger partial charge on any atom is -0.351 e. The number of hydrogen-bond donors (Lipinski definition) is 1. The van der Waals surface area contributed by atoms with Crippen molar-refractivity contribution in [1.29, 1.82) is 0 Å². The first-order valence-corrected chi connectivity index (χ1v) is 7.01. The Morgan fingerprint density at radius 3 is 3.17 bits per heavy atom. The first-order chi connectivity index (χ1) is 8.72. The Labute approximate surface area is 110 Å². The molecule has 0 saturated carbocycles. The van der Waals surface area contributed by atoms with Crippen molar-refractivity contribution in [3.63, 3.8) is 0 Å². The summed E-state index contributed by atoms with van der Waals surface area (Å²) >= 11 is 1.78. The van der Waals surface area contributed by atoms with Gasteiger partial charge in [0.25, 0.3) is 5.91 Å². The third-order valence-electron chi connectivity index (χ3n) is 3.30. The quantitative estimate of drug-likeness (QED) is 0.898. The summed E-state index contributed by atoms with van der Waals surface area (Å²) in [7, 11) is 1.91. The van der Waals surface area contributed by atoms with Crippen molar-refractivity contribution in [2.75, 3.05) is 6.54 Å². The first kappa shape index (κ1) is 11.5. The normalized spacial score (nSPS) is 13.0. The van der Waals surface area contributed by atoms with Crippen molar-refractivity contribution in [2.45, 2.75) is 19.8 Å². The van der Waals surface area contributed by atoms with Gasteiger partial charge < -0.3 is 5.32 Å². The van der Waals surface area contributed by atoms with Gasteiger partial charge in [-0.25, -0.2) is 0 Å². The molecule has 94 valence electrons. The van der Waals surface area contributed by atoms with Crippen LogP contribution in [0.3, 0.4) is 0 Å². The van der Waals surface area contributed by atoms with Gasteiger partial charge in [0.2, 0.25) is 0 Å². The number of carbonyl (C=O) groups is 1. The molecule has 0 spiro atoms. The highest BCUT2D eigenvalue weighted by atomic mass is 32.1. The van der Waals surface area contributed by atoms with Gasteiger partial charge in [-0.3, -0.25) is 9.48 Å². The van der Waals surface area contributed by atoms with Crippen LogP contribution in [0.1, 0.15) is 27.9 Å². The third-order valence-corrected chi connectivity index (χ3v) is 4.28. The van der Waals surface area contributed by atoms with E-state index in [1.165, 1.54) is 10.4 Å². The SMILES string of the molecule is CCNC(=O)c1nn(C)c2c1CCc1sccc1-2. The Morgan fingerprint density at radius 1 is 1.56 bits per heavy atom. The summed E-state index contributed by atoms with van der Waals surface area (Å²) < 4.78 is 1.84. The first-order valence-electron chi connectivity index (χ1n) is 6.13. The van der Waals surface area contributed by atoms with Crippen LogP contribution in [-0.2, 0) is 19.9 Å². The van der Waals surface area contributed by atoms with Gasteiger partial charge in [-0.1, -0.05) is 0 Å². The molecule has 2 aromatic heterocycles. The molecule has 0 aliphatic heterocycles. The Balaban J connectivity index is 2.13. The molecule has 1 aliphatic carbocycles. The number of thiophene rings is 1. The van der Waals surface area contributed by atoms with E-state index in [1.807, 2.05) is 18.7 Å². The van der Waals surface area contributed by atoms with Crippen molar-refractivity contribution in [3.05, 3.63) is 27.6 Å². The largest absolute Gasteiger partial charge is 0.351 e. The molecule has 5 heteroatoms. The zero-order chi connectivity index (χ0) is 12.7. The number of rotatable bonds is 2. The molecule has 18 heavy (non-hydrogen) atoms. The highest BCUT2D eigenvalue weighted by molar-refractivity contribution is 7.10. The lowest BCUT2D eigenvalue weighted by Crippen LogP contribution is -2.24. The van der Waals surface area contributed by atoms with Gasteiger partial charge in [0.1, 0.15) is 0 Å². The van der Waals surface area contributed by atoms with Crippen LogP contribution >= 0.6 is 11.3 Å². The summed E-state index contributed by atoms with van der Waals surface area (Å²) in [5, 5.41) is 9.34. The van der Waals surface area contributed by atoms with E-state index >= 15 is 0 Å². The predicted octanol–water partition coefficient (Wildman–Crippen LogP) is 2.00. The Bertz CT molecular complexity index is 612. The molecular formula is C13H15N3OS. The Morgan fingerprint density at radius 2 is 2.39 bits per heavy atom. The third kappa shape index (κ3) is 1.58. The summed E-state index contributed by atoms with van der Waals surface area (Å²) in [6.45, 7) is 2.55. The Kier molecular flexibility index (Phi) is 2.70. The van der Waals surface area contributed by atoms with Gasteiger partial charge in [-0.2, -0.15) is 5.10 Å². The van der Waals surface area contributed by atoms with Crippen molar-refractivity contribution >= 4 is 17.2 Å². The molecule has 0 bridgehead atoms. The fraction of sp³-hybridized carbons (Fsp3) is 0.385. The molecule has 0 aromatic carbocycles. The topological polar surface area (TPSA) is 46.9 Å². The molecule has 0 unspecified atom stereocenters. The number of fused-ring (bicyclic) bond motifs is 3. The number of aryl methyl sites for hydroxylation is 2. The fourth-order valence-electron chi connectivity index (χ4n) is 2.55. The van der Waals surface area contributed by atoms with Crippen LogP contribution in [0.2, 0.25) is 0 Å². The van der Waals surface area contributed by atoms with Crippen LogP contribution in [0.15, 0.2) is 11.4 Å². The number of nitrogens with zero attached hydrogens (tertiary/aromatic N) is 2. The number of nitrogens with one attached hydrogen (secondary N) is 1. The molecule has 2 heterocycles. The number of aromatic nitrogens is 2. The highest BCUT2D eigenvalue weighted by Crippen LogP contribution is 2.37. The standard InChI is InChI=1S/C13H15N3OS/c1-3-14-13(17)11-9-4-5-10-8(6-7-18-10)12(9)16(2)15-11/h6-7H,3-5H2,1-2H3,(H,14,17). The van der Waals surface area contributed by atoms with Crippen molar-refractivity contribution < 1.29 is 4.79 Å². The van der Waals surface area contributed by atoms with Gasteiger partial charge in [0.05, 0.1) is 5.69 Å². The lowest BCUT2D eigenvalue weighted by atomic mass is 9.94. The van der Waals surface area contributed by atoms with E-state index in [0.29, 0.717) is 12.2 Å². The smallest absolute Gasteiger partial charge is 0.272 e. The number of carbonyl (C=O) groups excluding carboxylic acids is 1. The van der Waals surface area contributed by atoms with E-state index in [-0.39, 0.29) is 5.91 Å². The molecule has 1 aliphatic rings. The molecule has 0 saturated heterocycles. The van der Waals surface area contributed by atoms with E-state index in [0.717, 1.165) is 24.1 Å². The second-order valence-corrected chi connectivity index (χ2v) is 5.42. The maximum absolute atomic E-state index is 12.0. The average Bonchev–Trinajstić information content (AvgIpc) is 2.93. The van der Waals surface area contributed by atoms with Crippen molar-refractivity contribution in [1.82, 2.24) is 15.1 Å². The molecule has 1 amide bonds. The van der Waals surface area contributed by atoms with Crippen LogP contribution in [0.5, 0.6) is 0 Å². The Hall–Kier alpha value is -1.62. The lowest BCUT2D eigenvalue weighted by Gasteiger charge is -2.13. The van der Waals surface area contributed by atoms with E-state index in [2.05, 4.69) is 21.9 Å². The van der Waals surface area contributed by atoms with Gasteiger partial charge in [-0.05, 0) is 31.2 Å². The summed E-state index contributed by atoms with van der Waals surface area (Å²) in [6.07, 6.45) is 1.92. The van der Waals surface area contributed by atoms with E-state index in [9.17, 15) is 4.79 Å². The number of amides is 1. The number of hydrogen-bond acceptors (Lipinski definition) is 3.